The molecule has 1 aliphatic rings. The minimum Gasteiger partial charge on any atom is -0.370 e. The number of nitrogens with one attached hydrogen (secondary N) is 1. The number of nitrogens with zero attached hydrogens (tertiary/aromatic N) is 1. The summed E-state index contributed by atoms with van der Waals surface area (Å²) in [5, 5.41) is 3.04. The van der Waals surface area contributed by atoms with Crippen molar-refractivity contribution in [2.75, 3.05) is 19.6 Å². The number of primary amides is 1. The lowest BCUT2D eigenvalue weighted by atomic mass is 10.2. The zero-order valence-electron chi connectivity index (χ0n) is 10.6. The van der Waals surface area contributed by atoms with Gasteiger partial charge in [-0.05, 0) is 19.8 Å². The Labute approximate surface area is 103 Å². The van der Waals surface area contributed by atoms with Gasteiger partial charge in [-0.15, -0.1) is 0 Å². The Hall–Kier alpha value is -1.10. The Bertz CT molecular complexity index is 260. The molecule has 0 aliphatic carbocycles. The van der Waals surface area contributed by atoms with Crippen LogP contribution in [0.5, 0.6) is 0 Å². The SMILES string of the molecule is CC(CC(N)=O)NCC(=O)N1CCCCCC1. The van der Waals surface area contributed by atoms with Crippen molar-refractivity contribution in [3.8, 4) is 0 Å². The molecule has 2 amide bonds. The van der Waals surface area contributed by atoms with E-state index in [9.17, 15) is 9.59 Å². The topological polar surface area (TPSA) is 75.4 Å². The Morgan fingerprint density at radius 2 is 1.82 bits per heavy atom. The van der Waals surface area contributed by atoms with Gasteiger partial charge in [0.25, 0.3) is 0 Å². The molecule has 0 spiro atoms. The van der Waals surface area contributed by atoms with Crippen molar-refractivity contribution in [2.24, 2.45) is 5.73 Å². The number of rotatable bonds is 5. The van der Waals surface area contributed by atoms with E-state index in [0.717, 1.165) is 25.9 Å². The second-order valence-electron chi connectivity index (χ2n) is 4.75. The van der Waals surface area contributed by atoms with Crippen molar-refractivity contribution in [2.45, 2.75) is 45.1 Å². The van der Waals surface area contributed by atoms with Crippen molar-refractivity contribution in [3.05, 3.63) is 0 Å². The number of amides is 2. The lowest BCUT2D eigenvalue weighted by molar-refractivity contribution is -0.130. The third kappa shape index (κ3) is 5.68. The summed E-state index contributed by atoms with van der Waals surface area (Å²) >= 11 is 0. The minimum absolute atomic E-state index is 0.0385. The largest absolute Gasteiger partial charge is 0.370 e. The van der Waals surface area contributed by atoms with Gasteiger partial charge in [0.1, 0.15) is 0 Å². The van der Waals surface area contributed by atoms with Gasteiger partial charge in [0, 0.05) is 25.6 Å². The molecule has 1 atom stereocenters. The molecule has 5 nitrogen and oxygen atoms in total. The predicted octanol–water partition coefficient (Wildman–Crippen LogP) is 0.243. The fourth-order valence-electron chi connectivity index (χ4n) is 2.07. The summed E-state index contributed by atoms with van der Waals surface area (Å²) in [5.41, 5.74) is 5.09. The molecule has 5 heteroatoms. The van der Waals surface area contributed by atoms with Crippen LogP contribution in [0, 0.1) is 0 Å². The van der Waals surface area contributed by atoms with Crippen molar-refractivity contribution in [1.29, 1.82) is 0 Å². The first-order valence-electron chi connectivity index (χ1n) is 6.39. The van der Waals surface area contributed by atoms with Crippen LogP contribution in [0.3, 0.4) is 0 Å². The molecule has 1 heterocycles. The zero-order valence-corrected chi connectivity index (χ0v) is 10.6. The molecule has 1 unspecified atom stereocenters. The van der Waals surface area contributed by atoms with E-state index >= 15 is 0 Å². The van der Waals surface area contributed by atoms with Gasteiger partial charge in [0.15, 0.2) is 0 Å². The van der Waals surface area contributed by atoms with E-state index in [4.69, 9.17) is 5.73 Å². The van der Waals surface area contributed by atoms with Crippen LogP contribution in [0.25, 0.3) is 0 Å². The van der Waals surface area contributed by atoms with Gasteiger partial charge < -0.3 is 16.0 Å². The van der Waals surface area contributed by atoms with Crippen LogP contribution in [0.15, 0.2) is 0 Å². The van der Waals surface area contributed by atoms with E-state index in [1.807, 2.05) is 11.8 Å². The number of carbonyl (C=O) groups is 2. The molecule has 1 fully saturated rings. The fourth-order valence-corrected chi connectivity index (χ4v) is 2.07. The Balaban J connectivity index is 2.25. The minimum atomic E-state index is -0.341. The van der Waals surface area contributed by atoms with Gasteiger partial charge in [-0.1, -0.05) is 12.8 Å². The molecule has 17 heavy (non-hydrogen) atoms. The van der Waals surface area contributed by atoms with E-state index in [2.05, 4.69) is 5.32 Å². The Morgan fingerprint density at radius 3 is 2.35 bits per heavy atom. The molecular formula is C12H23N3O2. The average Bonchev–Trinajstić information content (AvgIpc) is 2.53. The summed E-state index contributed by atoms with van der Waals surface area (Å²) in [7, 11) is 0. The van der Waals surface area contributed by atoms with Crippen molar-refractivity contribution in [3.63, 3.8) is 0 Å². The predicted molar refractivity (Wildman–Crippen MR) is 66.3 cm³/mol. The van der Waals surface area contributed by atoms with Crippen molar-refractivity contribution in [1.82, 2.24) is 10.2 Å². The van der Waals surface area contributed by atoms with Crippen LogP contribution in [-0.2, 0) is 9.59 Å². The highest BCUT2D eigenvalue weighted by Gasteiger charge is 2.16. The summed E-state index contributed by atoms with van der Waals surface area (Å²) in [4.78, 5) is 24.5. The number of carbonyl (C=O) groups excluding carboxylic acids is 2. The van der Waals surface area contributed by atoms with Crippen LogP contribution >= 0.6 is 0 Å². The van der Waals surface area contributed by atoms with Crippen LogP contribution in [0.2, 0.25) is 0 Å². The molecule has 0 radical (unpaired) electrons. The van der Waals surface area contributed by atoms with E-state index in [0.29, 0.717) is 6.54 Å². The van der Waals surface area contributed by atoms with Crippen LogP contribution < -0.4 is 11.1 Å². The summed E-state index contributed by atoms with van der Waals surface area (Å²) in [5.74, 6) is -0.213. The first-order valence-corrected chi connectivity index (χ1v) is 6.39. The second-order valence-corrected chi connectivity index (χ2v) is 4.75. The molecule has 1 saturated heterocycles. The summed E-state index contributed by atoms with van der Waals surface area (Å²) in [6, 6.07) is -0.0385. The molecule has 3 N–H and O–H groups in total. The van der Waals surface area contributed by atoms with Gasteiger partial charge in [0.2, 0.25) is 11.8 Å². The van der Waals surface area contributed by atoms with Crippen LogP contribution in [0.4, 0.5) is 0 Å². The molecule has 1 aliphatic heterocycles. The molecular weight excluding hydrogens is 218 g/mol. The number of nitrogens with two attached hydrogens (primary N) is 1. The maximum absolute atomic E-state index is 11.9. The van der Waals surface area contributed by atoms with Gasteiger partial charge in [-0.25, -0.2) is 0 Å². The van der Waals surface area contributed by atoms with Crippen LogP contribution in [-0.4, -0.2) is 42.4 Å². The van der Waals surface area contributed by atoms with Gasteiger partial charge in [-0.2, -0.15) is 0 Å². The smallest absolute Gasteiger partial charge is 0.236 e. The molecule has 0 aromatic carbocycles. The van der Waals surface area contributed by atoms with Gasteiger partial charge in [0.05, 0.1) is 6.54 Å². The normalized spacial score (nSPS) is 18.5. The number of hydrogen-bond acceptors (Lipinski definition) is 3. The lowest BCUT2D eigenvalue weighted by Crippen LogP contribution is -2.42. The maximum atomic E-state index is 11.9. The second kappa shape index (κ2) is 7.27. The summed E-state index contributed by atoms with van der Waals surface area (Å²) in [6.07, 6.45) is 4.91. The first kappa shape index (κ1) is 14.0. The van der Waals surface area contributed by atoms with Crippen LogP contribution in [0.1, 0.15) is 39.0 Å². The standard InChI is InChI=1S/C12H23N3O2/c1-10(8-11(13)16)14-9-12(17)15-6-4-2-3-5-7-15/h10,14H,2-9H2,1H3,(H2,13,16). The number of hydrogen-bond donors (Lipinski definition) is 2. The van der Waals surface area contributed by atoms with E-state index in [1.165, 1.54) is 12.8 Å². The fraction of sp³-hybridized carbons (Fsp3) is 0.833. The third-order valence-corrected chi connectivity index (χ3v) is 3.07. The summed E-state index contributed by atoms with van der Waals surface area (Å²) in [6.45, 7) is 3.89. The molecule has 0 bridgehead atoms. The molecule has 1 rings (SSSR count). The van der Waals surface area contributed by atoms with Crippen molar-refractivity contribution < 1.29 is 9.59 Å². The highest BCUT2D eigenvalue weighted by Crippen LogP contribution is 2.09. The third-order valence-electron chi connectivity index (χ3n) is 3.07. The molecule has 0 aromatic heterocycles. The monoisotopic (exact) mass is 241 g/mol. The maximum Gasteiger partial charge on any atom is 0.236 e. The zero-order chi connectivity index (χ0) is 12.7. The Kier molecular flexibility index (Phi) is 5.97. The van der Waals surface area contributed by atoms with Crippen molar-refractivity contribution >= 4 is 11.8 Å². The van der Waals surface area contributed by atoms with E-state index < -0.39 is 0 Å². The quantitative estimate of drug-likeness (QED) is 0.724. The van der Waals surface area contributed by atoms with Gasteiger partial charge >= 0.3 is 0 Å². The lowest BCUT2D eigenvalue weighted by Gasteiger charge is -2.21. The average molecular weight is 241 g/mol. The number of likely N-dealkylation sites (tertiary alicyclic amines) is 1. The summed E-state index contributed by atoms with van der Waals surface area (Å²) < 4.78 is 0. The first-order chi connectivity index (χ1) is 8.09. The molecule has 98 valence electrons. The highest BCUT2D eigenvalue weighted by atomic mass is 16.2. The van der Waals surface area contributed by atoms with E-state index in [1.54, 1.807) is 0 Å². The molecule has 0 aromatic rings. The van der Waals surface area contributed by atoms with E-state index in [-0.39, 0.29) is 24.3 Å². The highest BCUT2D eigenvalue weighted by molar-refractivity contribution is 5.78. The Morgan fingerprint density at radius 1 is 1.24 bits per heavy atom. The molecule has 0 saturated carbocycles. The van der Waals surface area contributed by atoms with Gasteiger partial charge in [-0.3, -0.25) is 9.59 Å².